The quantitative estimate of drug-likeness (QED) is 0.840. The molecular weight excluding hydrogens is 230 g/mol. The average molecular weight is 248 g/mol. The van der Waals surface area contributed by atoms with Gasteiger partial charge in [-0.25, -0.2) is 0 Å². The van der Waals surface area contributed by atoms with Crippen LogP contribution in [0.25, 0.3) is 6.08 Å². The van der Waals surface area contributed by atoms with Crippen molar-refractivity contribution in [3.05, 3.63) is 40.9 Å². The second-order valence-corrected chi connectivity index (χ2v) is 5.58. The highest BCUT2D eigenvalue weighted by molar-refractivity contribution is 6.32. The summed E-state index contributed by atoms with van der Waals surface area (Å²) in [6.07, 6.45) is 8.68. The van der Waals surface area contributed by atoms with E-state index in [-0.39, 0.29) is 0 Å². The highest BCUT2D eigenvalue weighted by Gasteiger charge is 2.37. The topological polar surface area (TPSA) is 12.0 Å². The number of fused-ring (bicyclic) bond motifs is 1. The van der Waals surface area contributed by atoms with Crippen molar-refractivity contribution in [2.45, 2.75) is 25.3 Å². The molecule has 2 aliphatic rings. The molecule has 0 aromatic heterocycles. The van der Waals surface area contributed by atoms with Gasteiger partial charge in [0, 0.05) is 11.1 Å². The Kier molecular flexibility index (Phi) is 3.21. The lowest BCUT2D eigenvalue weighted by molar-refractivity contribution is 0.456. The van der Waals surface area contributed by atoms with Gasteiger partial charge in [0.1, 0.15) is 0 Å². The van der Waals surface area contributed by atoms with E-state index in [9.17, 15) is 0 Å². The molecule has 0 bridgehead atoms. The Morgan fingerprint density at radius 3 is 3.00 bits per heavy atom. The molecule has 3 atom stereocenters. The summed E-state index contributed by atoms with van der Waals surface area (Å²) in [5.74, 6) is 1.77. The van der Waals surface area contributed by atoms with E-state index in [0.717, 1.165) is 22.4 Å². The van der Waals surface area contributed by atoms with Crippen LogP contribution in [0.1, 0.15) is 24.8 Å². The zero-order valence-corrected chi connectivity index (χ0v) is 10.7. The van der Waals surface area contributed by atoms with E-state index in [0.29, 0.717) is 6.04 Å². The van der Waals surface area contributed by atoms with Crippen LogP contribution >= 0.6 is 11.6 Å². The lowest BCUT2D eigenvalue weighted by Gasteiger charge is -2.13. The molecule has 1 saturated carbocycles. The fourth-order valence-electron chi connectivity index (χ4n) is 3.26. The van der Waals surface area contributed by atoms with Crippen LogP contribution in [-0.4, -0.2) is 12.6 Å². The molecule has 1 aliphatic carbocycles. The minimum absolute atomic E-state index is 0.554. The lowest BCUT2D eigenvalue weighted by atomic mass is 9.93. The van der Waals surface area contributed by atoms with E-state index in [4.69, 9.17) is 11.6 Å². The van der Waals surface area contributed by atoms with Gasteiger partial charge < -0.3 is 5.32 Å². The van der Waals surface area contributed by atoms with Crippen molar-refractivity contribution >= 4 is 17.7 Å². The minimum Gasteiger partial charge on any atom is -0.310 e. The van der Waals surface area contributed by atoms with Crippen LogP contribution in [-0.2, 0) is 0 Å². The van der Waals surface area contributed by atoms with E-state index < -0.39 is 0 Å². The summed E-state index contributed by atoms with van der Waals surface area (Å²) in [5.41, 5.74) is 1.12. The molecule has 1 saturated heterocycles. The van der Waals surface area contributed by atoms with E-state index in [1.54, 1.807) is 0 Å². The van der Waals surface area contributed by atoms with Crippen molar-refractivity contribution in [1.29, 1.82) is 0 Å². The van der Waals surface area contributed by atoms with Gasteiger partial charge in [-0.2, -0.15) is 0 Å². The van der Waals surface area contributed by atoms with Crippen molar-refractivity contribution in [3.8, 4) is 0 Å². The molecule has 1 aliphatic heterocycles. The summed E-state index contributed by atoms with van der Waals surface area (Å²) in [5, 5.41) is 4.46. The molecule has 0 amide bonds. The summed E-state index contributed by atoms with van der Waals surface area (Å²) in [4.78, 5) is 0. The fraction of sp³-hybridized carbons (Fsp3) is 0.467. The first kappa shape index (κ1) is 11.3. The van der Waals surface area contributed by atoms with Crippen LogP contribution in [0.2, 0.25) is 5.02 Å². The second-order valence-electron chi connectivity index (χ2n) is 5.17. The molecule has 90 valence electrons. The number of rotatable bonds is 2. The molecule has 3 rings (SSSR count). The number of hydrogen-bond acceptors (Lipinski definition) is 1. The monoisotopic (exact) mass is 247 g/mol. The van der Waals surface area contributed by atoms with Crippen molar-refractivity contribution in [3.63, 3.8) is 0 Å². The van der Waals surface area contributed by atoms with E-state index >= 15 is 0 Å². The molecule has 1 N–H and O–H groups in total. The van der Waals surface area contributed by atoms with Crippen LogP contribution in [0, 0.1) is 11.8 Å². The van der Waals surface area contributed by atoms with Gasteiger partial charge in [-0.15, -0.1) is 0 Å². The average Bonchev–Trinajstić information content (AvgIpc) is 2.91. The van der Waals surface area contributed by atoms with Gasteiger partial charge in [0.2, 0.25) is 0 Å². The number of hydrogen-bond donors (Lipinski definition) is 1. The van der Waals surface area contributed by atoms with Crippen molar-refractivity contribution in [1.82, 2.24) is 5.32 Å². The molecular formula is C15H18ClN. The predicted molar refractivity (Wildman–Crippen MR) is 73.1 cm³/mol. The molecule has 0 spiro atoms. The van der Waals surface area contributed by atoms with Crippen LogP contribution in [0.3, 0.4) is 0 Å². The molecule has 1 aromatic carbocycles. The molecule has 17 heavy (non-hydrogen) atoms. The van der Waals surface area contributed by atoms with Gasteiger partial charge >= 0.3 is 0 Å². The summed E-state index contributed by atoms with van der Waals surface area (Å²) >= 11 is 6.15. The third-order valence-electron chi connectivity index (χ3n) is 4.18. The van der Waals surface area contributed by atoms with Crippen molar-refractivity contribution in [2.24, 2.45) is 11.8 Å². The highest BCUT2D eigenvalue weighted by Crippen LogP contribution is 2.38. The van der Waals surface area contributed by atoms with Gasteiger partial charge in [-0.3, -0.25) is 0 Å². The van der Waals surface area contributed by atoms with Crippen molar-refractivity contribution < 1.29 is 0 Å². The maximum atomic E-state index is 6.15. The number of benzene rings is 1. The molecule has 0 radical (unpaired) electrons. The molecule has 2 heteroatoms. The fourth-order valence-corrected chi connectivity index (χ4v) is 3.46. The first-order valence-electron chi connectivity index (χ1n) is 6.51. The lowest BCUT2D eigenvalue weighted by Crippen LogP contribution is -2.23. The third-order valence-corrected chi connectivity index (χ3v) is 4.53. The zero-order valence-electron chi connectivity index (χ0n) is 9.90. The van der Waals surface area contributed by atoms with Crippen LogP contribution in [0.4, 0.5) is 0 Å². The van der Waals surface area contributed by atoms with Gasteiger partial charge in [0.05, 0.1) is 0 Å². The summed E-state index contributed by atoms with van der Waals surface area (Å²) in [6.45, 7) is 1.20. The van der Waals surface area contributed by atoms with E-state index in [2.05, 4.69) is 23.5 Å². The van der Waals surface area contributed by atoms with Gasteiger partial charge in [0.15, 0.2) is 0 Å². The number of halogens is 1. The highest BCUT2D eigenvalue weighted by atomic mass is 35.5. The van der Waals surface area contributed by atoms with Crippen molar-refractivity contribution in [2.75, 3.05) is 6.54 Å². The Balaban J connectivity index is 1.73. The standard InChI is InChI=1S/C15H18ClN/c16-14-7-2-1-4-11(14)8-9-15-13-6-3-5-12(13)10-17-15/h1-2,4,7-9,12-13,15,17H,3,5-6,10H2/b9-8+. The first-order chi connectivity index (χ1) is 8.34. The maximum Gasteiger partial charge on any atom is 0.0478 e. The van der Waals surface area contributed by atoms with Gasteiger partial charge in [-0.05, 0) is 42.9 Å². The largest absolute Gasteiger partial charge is 0.310 e. The SMILES string of the molecule is Clc1ccccc1/C=C/C1NCC2CCCC21. The smallest absolute Gasteiger partial charge is 0.0478 e. The third kappa shape index (κ3) is 2.27. The Labute approximate surface area is 108 Å². The first-order valence-corrected chi connectivity index (χ1v) is 6.88. The zero-order chi connectivity index (χ0) is 11.7. The van der Waals surface area contributed by atoms with E-state index in [1.165, 1.54) is 25.8 Å². The molecule has 1 nitrogen and oxygen atoms in total. The maximum absolute atomic E-state index is 6.15. The Hall–Kier alpha value is -0.790. The van der Waals surface area contributed by atoms with Gasteiger partial charge in [0.25, 0.3) is 0 Å². The normalized spacial score (nSPS) is 32.2. The minimum atomic E-state index is 0.554. The number of nitrogens with one attached hydrogen (secondary N) is 1. The molecule has 2 fully saturated rings. The van der Waals surface area contributed by atoms with E-state index in [1.807, 2.05) is 18.2 Å². The van der Waals surface area contributed by atoms with Crippen LogP contribution in [0.5, 0.6) is 0 Å². The molecule has 3 unspecified atom stereocenters. The molecule has 1 aromatic rings. The summed E-state index contributed by atoms with van der Waals surface area (Å²) < 4.78 is 0. The Morgan fingerprint density at radius 2 is 2.12 bits per heavy atom. The Bertz CT molecular complexity index is 427. The van der Waals surface area contributed by atoms with Crippen LogP contribution < -0.4 is 5.32 Å². The second kappa shape index (κ2) is 4.83. The molecule has 1 heterocycles. The predicted octanol–water partition coefficient (Wildman–Crippen LogP) is 3.74. The van der Waals surface area contributed by atoms with Crippen LogP contribution in [0.15, 0.2) is 30.3 Å². The summed E-state index contributed by atoms with van der Waals surface area (Å²) in [6, 6.07) is 8.58. The Morgan fingerprint density at radius 1 is 1.24 bits per heavy atom. The summed E-state index contributed by atoms with van der Waals surface area (Å²) in [7, 11) is 0. The van der Waals surface area contributed by atoms with Gasteiger partial charge in [-0.1, -0.05) is 48.4 Å².